The molecule has 94 valence electrons. The summed E-state index contributed by atoms with van der Waals surface area (Å²) in [6, 6.07) is 7.46. The Morgan fingerprint density at radius 3 is 2.61 bits per heavy atom. The van der Waals surface area contributed by atoms with E-state index in [4.69, 9.17) is 5.73 Å². The molecule has 1 aromatic heterocycles. The number of carbonyl (C=O) groups is 1. The van der Waals surface area contributed by atoms with E-state index in [1.807, 2.05) is 38.1 Å². The number of rotatable bonds is 4. The third kappa shape index (κ3) is 2.91. The van der Waals surface area contributed by atoms with Crippen LogP contribution < -0.4 is 11.1 Å². The van der Waals surface area contributed by atoms with Crippen LogP contribution in [-0.2, 0) is 4.79 Å². The quantitative estimate of drug-likeness (QED) is 0.841. The van der Waals surface area contributed by atoms with Gasteiger partial charge in [0.1, 0.15) is 5.52 Å². The Kier molecular flexibility index (Phi) is 3.10. The maximum absolute atomic E-state index is 10.9. The lowest BCUT2D eigenvalue weighted by Gasteiger charge is -2.24. The molecule has 0 saturated carbocycles. The zero-order valence-electron chi connectivity index (χ0n) is 10.3. The fraction of sp³-hybridized carbons (Fsp3) is 0.333. The third-order valence-corrected chi connectivity index (χ3v) is 2.43. The maximum Gasteiger partial charge on any atom is 0.243 e. The number of primary amides is 1. The second-order valence-electron chi connectivity index (χ2n) is 4.78. The van der Waals surface area contributed by atoms with E-state index in [2.05, 4.69) is 20.5 Å². The molecule has 2 aromatic rings. The van der Waals surface area contributed by atoms with Gasteiger partial charge in [-0.05, 0) is 26.0 Å². The van der Waals surface area contributed by atoms with Crippen molar-refractivity contribution < 1.29 is 4.79 Å². The van der Waals surface area contributed by atoms with Crippen LogP contribution in [0.25, 0.3) is 11.0 Å². The summed E-state index contributed by atoms with van der Waals surface area (Å²) >= 11 is 0. The average Bonchev–Trinajstić information content (AvgIpc) is 2.26. The summed E-state index contributed by atoms with van der Waals surface area (Å²) in [5, 5.41) is 11.1. The molecule has 0 unspecified atom stereocenters. The van der Waals surface area contributed by atoms with E-state index in [0.29, 0.717) is 5.95 Å². The number of aromatic nitrogens is 3. The summed E-state index contributed by atoms with van der Waals surface area (Å²) in [5.41, 5.74) is 6.17. The number of carbonyl (C=O) groups excluding carboxylic acids is 1. The van der Waals surface area contributed by atoms with Gasteiger partial charge in [0, 0.05) is 12.0 Å². The summed E-state index contributed by atoms with van der Waals surface area (Å²) in [7, 11) is 0. The number of amides is 1. The minimum atomic E-state index is -0.504. The number of anilines is 1. The van der Waals surface area contributed by atoms with Crippen LogP contribution in [0, 0.1) is 0 Å². The standard InChI is InChI=1S/C12H15N5O/c1-12(2,7-10(13)18)15-11-14-8-5-3-4-6-9(8)16-17-11/h3-6H,7H2,1-2H3,(H2,13,18)(H,14,15,17). The molecule has 0 radical (unpaired) electrons. The number of hydrogen-bond donors (Lipinski definition) is 2. The summed E-state index contributed by atoms with van der Waals surface area (Å²) in [6.07, 6.45) is 0.198. The van der Waals surface area contributed by atoms with E-state index < -0.39 is 5.54 Å². The summed E-state index contributed by atoms with van der Waals surface area (Å²) in [5.74, 6) is 0.0150. The fourth-order valence-corrected chi connectivity index (χ4v) is 1.72. The van der Waals surface area contributed by atoms with Crippen LogP contribution >= 0.6 is 0 Å². The topological polar surface area (TPSA) is 93.8 Å². The third-order valence-electron chi connectivity index (χ3n) is 2.43. The van der Waals surface area contributed by atoms with E-state index in [1.54, 1.807) is 0 Å². The fourth-order valence-electron chi connectivity index (χ4n) is 1.72. The Balaban J connectivity index is 2.24. The molecule has 3 N–H and O–H groups in total. The van der Waals surface area contributed by atoms with Gasteiger partial charge in [0.25, 0.3) is 0 Å². The van der Waals surface area contributed by atoms with Crippen molar-refractivity contribution in [3.8, 4) is 0 Å². The minimum absolute atomic E-state index is 0.198. The number of nitrogens with two attached hydrogens (primary N) is 1. The highest BCUT2D eigenvalue weighted by Crippen LogP contribution is 2.16. The number of para-hydroxylation sites is 1. The predicted molar refractivity (Wildman–Crippen MR) is 68.8 cm³/mol. The molecule has 0 atom stereocenters. The summed E-state index contributed by atoms with van der Waals surface area (Å²) in [6.45, 7) is 3.71. The molecule has 6 nitrogen and oxygen atoms in total. The highest BCUT2D eigenvalue weighted by molar-refractivity contribution is 5.76. The van der Waals surface area contributed by atoms with E-state index in [1.165, 1.54) is 0 Å². The van der Waals surface area contributed by atoms with Crippen molar-refractivity contribution in [2.75, 3.05) is 5.32 Å². The molecule has 0 aliphatic carbocycles. The maximum atomic E-state index is 10.9. The van der Waals surface area contributed by atoms with Crippen molar-refractivity contribution in [2.45, 2.75) is 25.8 Å². The molecular formula is C12H15N5O. The van der Waals surface area contributed by atoms with E-state index in [9.17, 15) is 4.79 Å². The van der Waals surface area contributed by atoms with Gasteiger partial charge in [-0.15, -0.1) is 10.2 Å². The first kappa shape index (κ1) is 12.2. The predicted octanol–water partition coefficient (Wildman–Crippen LogP) is 1.09. The molecule has 0 aliphatic rings. The highest BCUT2D eigenvalue weighted by Gasteiger charge is 2.21. The lowest BCUT2D eigenvalue weighted by molar-refractivity contribution is -0.118. The normalized spacial score (nSPS) is 11.4. The lowest BCUT2D eigenvalue weighted by Crippen LogP contribution is -2.36. The zero-order valence-corrected chi connectivity index (χ0v) is 10.3. The molecule has 0 fully saturated rings. The van der Waals surface area contributed by atoms with Gasteiger partial charge in [0.2, 0.25) is 11.9 Å². The van der Waals surface area contributed by atoms with Crippen molar-refractivity contribution in [3.05, 3.63) is 24.3 Å². The zero-order chi connectivity index (χ0) is 13.2. The number of fused-ring (bicyclic) bond motifs is 1. The Morgan fingerprint density at radius 1 is 1.28 bits per heavy atom. The van der Waals surface area contributed by atoms with Crippen molar-refractivity contribution in [1.29, 1.82) is 0 Å². The highest BCUT2D eigenvalue weighted by atomic mass is 16.1. The van der Waals surface area contributed by atoms with Crippen LogP contribution in [0.2, 0.25) is 0 Å². The van der Waals surface area contributed by atoms with E-state index in [-0.39, 0.29) is 12.3 Å². The molecule has 2 rings (SSSR count). The molecule has 6 heteroatoms. The first-order valence-corrected chi connectivity index (χ1v) is 5.62. The van der Waals surface area contributed by atoms with Gasteiger partial charge in [-0.25, -0.2) is 4.98 Å². The first-order valence-electron chi connectivity index (χ1n) is 5.62. The van der Waals surface area contributed by atoms with Gasteiger partial charge >= 0.3 is 0 Å². The van der Waals surface area contributed by atoms with Gasteiger partial charge in [-0.1, -0.05) is 12.1 Å². The Hall–Kier alpha value is -2.24. The van der Waals surface area contributed by atoms with E-state index >= 15 is 0 Å². The smallest absolute Gasteiger partial charge is 0.243 e. The SMILES string of the molecule is CC(C)(CC(N)=O)Nc1nnc2ccccc2n1. The first-order chi connectivity index (χ1) is 8.46. The van der Waals surface area contributed by atoms with Crippen molar-refractivity contribution in [2.24, 2.45) is 5.73 Å². The van der Waals surface area contributed by atoms with Crippen molar-refractivity contribution in [3.63, 3.8) is 0 Å². The Morgan fingerprint density at radius 2 is 1.94 bits per heavy atom. The summed E-state index contributed by atoms with van der Waals surface area (Å²) < 4.78 is 0. The van der Waals surface area contributed by atoms with Crippen LogP contribution in [-0.4, -0.2) is 26.6 Å². The number of nitrogens with zero attached hydrogens (tertiary/aromatic N) is 3. The van der Waals surface area contributed by atoms with Gasteiger partial charge in [0.05, 0.1) is 5.52 Å². The molecule has 0 saturated heterocycles. The van der Waals surface area contributed by atoms with Crippen LogP contribution in [0.1, 0.15) is 20.3 Å². The van der Waals surface area contributed by atoms with Crippen LogP contribution in [0.5, 0.6) is 0 Å². The molecule has 18 heavy (non-hydrogen) atoms. The number of hydrogen-bond acceptors (Lipinski definition) is 5. The Bertz CT molecular complexity index is 581. The molecule has 0 aliphatic heterocycles. The monoisotopic (exact) mass is 245 g/mol. The minimum Gasteiger partial charge on any atom is -0.370 e. The molecule has 1 aromatic carbocycles. The van der Waals surface area contributed by atoms with Crippen LogP contribution in [0.3, 0.4) is 0 Å². The molecular weight excluding hydrogens is 230 g/mol. The second kappa shape index (κ2) is 4.56. The molecule has 0 spiro atoms. The molecule has 1 heterocycles. The van der Waals surface area contributed by atoms with Crippen LogP contribution in [0.4, 0.5) is 5.95 Å². The van der Waals surface area contributed by atoms with Gasteiger partial charge < -0.3 is 11.1 Å². The lowest BCUT2D eigenvalue weighted by atomic mass is 10.0. The molecule has 0 bridgehead atoms. The van der Waals surface area contributed by atoms with Gasteiger partial charge in [0.15, 0.2) is 0 Å². The number of nitrogens with one attached hydrogen (secondary N) is 1. The van der Waals surface area contributed by atoms with Gasteiger partial charge in [-0.3, -0.25) is 4.79 Å². The number of benzene rings is 1. The summed E-state index contributed by atoms with van der Waals surface area (Å²) in [4.78, 5) is 15.3. The largest absolute Gasteiger partial charge is 0.370 e. The van der Waals surface area contributed by atoms with E-state index in [0.717, 1.165) is 11.0 Å². The van der Waals surface area contributed by atoms with Gasteiger partial charge in [-0.2, -0.15) is 0 Å². The molecule has 1 amide bonds. The van der Waals surface area contributed by atoms with Crippen molar-refractivity contribution in [1.82, 2.24) is 15.2 Å². The van der Waals surface area contributed by atoms with Crippen LogP contribution in [0.15, 0.2) is 24.3 Å². The second-order valence-corrected chi connectivity index (χ2v) is 4.78. The average molecular weight is 245 g/mol. The van der Waals surface area contributed by atoms with Crippen molar-refractivity contribution >= 4 is 22.9 Å². The Labute approximate surface area is 105 Å².